The summed E-state index contributed by atoms with van der Waals surface area (Å²) in [7, 11) is 0. The standard InChI is InChI=1S/C16H25N3O.C2H6/c1-4-5-6-13(3)19-10-9-17-15-11-18-12(2)7-8-14(15)16(19)20;1-2/h7-8,11-13,17H,4-6,9-10H2,1-3H3;1-2H3. The SMILES string of the molecule is CC.CCCCC(C)N1CCNC2=C(C=CC(C)N=C2)C1=O. The highest BCUT2D eigenvalue weighted by molar-refractivity contribution is 6.03. The monoisotopic (exact) mass is 305 g/mol. The lowest BCUT2D eigenvalue weighted by Gasteiger charge is -2.28. The van der Waals surface area contributed by atoms with Crippen molar-refractivity contribution >= 4 is 12.1 Å². The van der Waals surface area contributed by atoms with Crippen molar-refractivity contribution in [3.63, 3.8) is 0 Å². The maximum atomic E-state index is 12.8. The van der Waals surface area contributed by atoms with Gasteiger partial charge in [-0.05, 0) is 26.3 Å². The lowest BCUT2D eigenvalue weighted by Crippen LogP contribution is -2.40. The van der Waals surface area contributed by atoms with Crippen LogP contribution in [-0.2, 0) is 4.79 Å². The van der Waals surface area contributed by atoms with Gasteiger partial charge >= 0.3 is 0 Å². The van der Waals surface area contributed by atoms with Crippen LogP contribution in [0, 0.1) is 0 Å². The fourth-order valence-corrected chi connectivity index (χ4v) is 2.61. The topological polar surface area (TPSA) is 44.7 Å². The molecule has 2 unspecified atom stereocenters. The molecule has 0 aromatic rings. The van der Waals surface area contributed by atoms with Gasteiger partial charge in [0.2, 0.25) is 0 Å². The number of nitrogens with one attached hydrogen (secondary N) is 1. The van der Waals surface area contributed by atoms with E-state index in [0.717, 1.165) is 30.8 Å². The molecule has 0 aromatic carbocycles. The Balaban J connectivity index is 0.00000116. The van der Waals surface area contributed by atoms with Gasteiger partial charge < -0.3 is 10.2 Å². The Labute approximate surface area is 135 Å². The zero-order valence-corrected chi connectivity index (χ0v) is 14.7. The van der Waals surface area contributed by atoms with Gasteiger partial charge in [0.15, 0.2) is 0 Å². The van der Waals surface area contributed by atoms with E-state index in [9.17, 15) is 4.79 Å². The quantitative estimate of drug-likeness (QED) is 0.866. The van der Waals surface area contributed by atoms with Crippen LogP contribution in [0.25, 0.3) is 0 Å². The molecule has 0 bridgehead atoms. The van der Waals surface area contributed by atoms with Crippen LogP contribution in [0.3, 0.4) is 0 Å². The number of hydrogen-bond donors (Lipinski definition) is 1. The van der Waals surface area contributed by atoms with Crippen molar-refractivity contribution in [1.82, 2.24) is 10.2 Å². The van der Waals surface area contributed by atoms with Crippen LogP contribution < -0.4 is 5.32 Å². The molecule has 2 atom stereocenters. The molecule has 0 aromatic heterocycles. The molecule has 1 N–H and O–H groups in total. The molecule has 0 aliphatic carbocycles. The van der Waals surface area contributed by atoms with Crippen LogP contribution in [0.15, 0.2) is 28.4 Å². The van der Waals surface area contributed by atoms with Gasteiger partial charge in [0, 0.05) is 25.3 Å². The average molecular weight is 305 g/mol. The third-order valence-electron chi connectivity index (χ3n) is 3.94. The molecular formula is C18H31N3O. The minimum Gasteiger partial charge on any atom is -0.381 e. The summed E-state index contributed by atoms with van der Waals surface area (Å²) in [6.45, 7) is 11.9. The number of allylic oxidation sites excluding steroid dienone is 1. The van der Waals surface area contributed by atoms with E-state index in [1.165, 1.54) is 12.8 Å². The number of nitrogens with zero attached hydrogens (tertiary/aromatic N) is 2. The number of amides is 1. The van der Waals surface area contributed by atoms with Gasteiger partial charge in [-0.15, -0.1) is 0 Å². The molecule has 22 heavy (non-hydrogen) atoms. The summed E-state index contributed by atoms with van der Waals surface area (Å²) >= 11 is 0. The average Bonchev–Trinajstić information content (AvgIpc) is 2.81. The second-order valence-electron chi connectivity index (χ2n) is 5.62. The van der Waals surface area contributed by atoms with E-state index in [-0.39, 0.29) is 11.9 Å². The van der Waals surface area contributed by atoms with Gasteiger partial charge in [-0.1, -0.05) is 39.7 Å². The molecule has 4 heteroatoms. The van der Waals surface area contributed by atoms with Crippen LogP contribution in [-0.4, -0.2) is 42.2 Å². The van der Waals surface area contributed by atoms with Gasteiger partial charge in [-0.2, -0.15) is 0 Å². The zero-order valence-electron chi connectivity index (χ0n) is 14.7. The first-order chi connectivity index (χ1) is 10.6. The Morgan fingerprint density at radius 3 is 2.86 bits per heavy atom. The van der Waals surface area contributed by atoms with E-state index < -0.39 is 0 Å². The number of aliphatic imine (C=N–C) groups is 1. The Morgan fingerprint density at radius 1 is 1.45 bits per heavy atom. The fourth-order valence-electron chi connectivity index (χ4n) is 2.61. The van der Waals surface area contributed by atoms with Crippen molar-refractivity contribution in [3.8, 4) is 0 Å². The number of unbranched alkanes of at least 4 members (excludes halogenated alkanes) is 1. The minimum atomic E-state index is 0.127. The summed E-state index contributed by atoms with van der Waals surface area (Å²) in [5.41, 5.74) is 1.61. The molecule has 2 aliphatic heterocycles. The Morgan fingerprint density at radius 2 is 2.18 bits per heavy atom. The summed E-state index contributed by atoms with van der Waals surface area (Å²) in [6.07, 6.45) is 9.12. The first-order valence-electron chi connectivity index (χ1n) is 8.64. The molecule has 2 rings (SSSR count). The molecule has 0 spiro atoms. The molecule has 124 valence electrons. The summed E-state index contributed by atoms with van der Waals surface area (Å²) in [6, 6.07) is 0.421. The lowest BCUT2D eigenvalue weighted by atomic mass is 10.1. The number of rotatable bonds is 4. The van der Waals surface area contributed by atoms with E-state index in [1.807, 2.05) is 37.8 Å². The van der Waals surface area contributed by atoms with E-state index in [0.29, 0.717) is 6.04 Å². The first kappa shape index (κ1) is 18.5. The van der Waals surface area contributed by atoms with Gasteiger partial charge in [0.1, 0.15) is 0 Å². The first-order valence-corrected chi connectivity index (χ1v) is 8.64. The minimum absolute atomic E-state index is 0.127. The van der Waals surface area contributed by atoms with Crippen LogP contribution in [0.2, 0.25) is 0 Å². The normalized spacial score (nSPS) is 22.1. The van der Waals surface area contributed by atoms with Crippen molar-refractivity contribution in [2.24, 2.45) is 4.99 Å². The van der Waals surface area contributed by atoms with Crippen molar-refractivity contribution in [2.75, 3.05) is 13.1 Å². The molecule has 2 heterocycles. The van der Waals surface area contributed by atoms with Gasteiger partial charge in [-0.25, -0.2) is 0 Å². The second-order valence-corrected chi connectivity index (χ2v) is 5.62. The predicted molar refractivity (Wildman–Crippen MR) is 94.2 cm³/mol. The summed E-state index contributed by atoms with van der Waals surface area (Å²) in [4.78, 5) is 19.2. The van der Waals surface area contributed by atoms with Crippen molar-refractivity contribution in [3.05, 3.63) is 23.4 Å². The number of hydrogen-bond acceptors (Lipinski definition) is 3. The molecule has 0 saturated carbocycles. The summed E-state index contributed by atoms with van der Waals surface area (Å²) < 4.78 is 0. The van der Waals surface area contributed by atoms with Gasteiger partial charge in [-0.3, -0.25) is 9.79 Å². The zero-order chi connectivity index (χ0) is 16.5. The maximum Gasteiger partial charge on any atom is 0.256 e. The maximum absolute atomic E-state index is 12.8. The van der Waals surface area contributed by atoms with Crippen molar-refractivity contribution in [2.45, 2.75) is 66.0 Å². The molecule has 1 amide bonds. The largest absolute Gasteiger partial charge is 0.381 e. The van der Waals surface area contributed by atoms with Crippen LogP contribution in [0.1, 0.15) is 53.9 Å². The summed E-state index contributed by atoms with van der Waals surface area (Å²) in [5, 5.41) is 3.33. The van der Waals surface area contributed by atoms with E-state index >= 15 is 0 Å². The lowest BCUT2D eigenvalue weighted by molar-refractivity contribution is -0.128. The highest BCUT2D eigenvalue weighted by atomic mass is 16.2. The third-order valence-corrected chi connectivity index (χ3v) is 3.94. The van der Waals surface area contributed by atoms with Crippen LogP contribution in [0.5, 0.6) is 0 Å². The third kappa shape index (κ3) is 4.72. The summed E-state index contributed by atoms with van der Waals surface area (Å²) in [5.74, 6) is 0.130. The molecule has 2 aliphatic rings. The van der Waals surface area contributed by atoms with Crippen molar-refractivity contribution < 1.29 is 4.79 Å². The molecular weight excluding hydrogens is 274 g/mol. The van der Waals surface area contributed by atoms with E-state index in [2.05, 4.69) is 24.2 Å². The highest BCUT2D eigenvalue weighted by Gasteiger charge is 2.26. The predicted octanol–water partition coefficient (Wildman–Crippen LogP) is 3.31. The smallest absolute Gasteiger partial charge is 0.256 e. The Kier molecular flexibility index (Phi) is 7.92. The number of carbonyl (C=O) groups excluding carboxylic acids is 1. The fraction of sp³-hybridized carbons (Fsp3) is 0.667. The van der Waals surface area contributed by atoms with E-state index in [1.54, 1.807) is 6.21 Å². The van der Waals surface area contributed by atoms with Crippen LogP contribution in [0.4, 0.5) is 0 Å². The van der Waals surface area contributed by atoms with Gasteiger partial charge in [0.05, 0.1) is 17.3 Å². The Hall–Kier alpha value is -1.58. The van der Waals surface area contributed by atoms with Crippen molar-refractivity contribution in [1.29, 1.82) is 0 Å². The van der Waals surface area contributed by atoms with Gasteiger partial charge in [0.25, 0.3) is 5.91 Å². The van der Waals surface area contributed by atoms with E-state index in [4.69, 9.17) is 0 Å². The molecule has 4 nitrogen and oxygen atoms in total. The highest BCUT2D eigenvalue weighted by Crippen LogP contribution is 2.18. The van der Waals surface area contributed by atoms with Crippen LogP contribution >= 0.6 is 0 Å². The molecule has 0 fully saturated rings. The molecule has 0 radical (unpaired) electrons. The molecule has 0 saturated heterocycles. The Bertz CT molecular complexity index is 451. The second kappa shape index (κ2) is 9.44. The number of carbonyl (C=O) groups is 1.